The zero-order valence-corrected chi connectivity index (χ0v) is 11.7. The largest absolute Gasteiger partial charge is 0.480 e. The average molecular weight is 288 g/mol. The Hall–Kier alpha value is -1.64. The van der Waals surface area contributed by atoms with E-state index in [0.29, 0.717) is 11.5 Å². The van der Waals surface area contributed by atoms with Crippen LogP contribution in [0, 0.1) is 0 Å². The van der Waals surface area contributed by atoms with Crippen molar-refractivity contribution < 1.29 is 20.2 Å². The van der Waals surface area contributed by atoms with E-state index in [4.69, 9.17) is 11.5 Å². The van der Waals surface area contributed by atoms with Gasteiger partial charge in [0.25, 0.3) is 0 Å². The second-order valence-electron chi connectivity index (χ2n) is 4.47. The fourth-order valence-corrected chi connectivity index (χ4v) is 1.88. The zero-order chi connectivity index (χ0) is 15.8. The van der Waals surface area contributed by atoms with Crippen molar-refractivity contribution in [2.45, 2.75) is 44.4 Å². The van der Waals surface area contributed by atoms with Crippen LogP contribution in [0.3, 0.4) is 0 Å². The van der Waals surface area contributed by atoms with Crippen LogP contribution in [0.1, 0.15) is 32.6 Å². The third kappa shape index (κ3) is 4.80. The molecule has 0 heterocycles. The summed E-state index contributed by atoms with van der Waals surface area (Å²) in [6.07, 6.45) is 0.702. The topological polar surface area (TPSA) is 145 Å². The molecule has 0 saturated heterocycles. The van der Waals surface area contributed by atoms with Gasteiger partial charge in [-0.2, -0.15) is 0 Å². The number of nitrogens with zero attached hydrogens (tertiary/aromatic N) is 2. The summed E-state index contributed by atoms with van der Waals surface area (Å²) in [5.74, 6) is -1.32. The van der Waals surface area contributed by atoms with Crippen LogP contribution in [0.4, 0.5) is 0 Å². The summed E-state index contributed by atoms with van der Waals surface area (Å²) in [7, 11) is 0. The van der Waals surface area contributed by atoms with E-state index in [2.05, 4.69) is 11.6 Å². The van der Waals surface area contributed by atoms with Gasteiger partial charge in [0, 0.05) is 6.54 Å². The molecule has 7 N–H and O–H groups in total. The molecule has 0 rings (SSSR count). The Morgan fingerprint density at radius 2 is 2.15 bits per heavy atom. The Morgan fingerprint density at radius 1 is 1.55 bits per heavy atom. The van der Waals surface area contributed by atoms with Crippen molar-refractivity contribution in [1.29, 1.82) is 0 Å². The molecule has 8 nitrogen and oxygen atoms in total. The average Bonchev–Trinajstić information content (AvgIpc) is 2.39. The molecule has 0 radical (unpaired) electrons. The van der Waals surface area contributed by atoms with Gasteiger partial charge in [0.1, 0.15) is 11.8 Å². The molecule has 116 valence electrons. The van der Waals surface area contributed by atoms with Crippen molar-refractivity contribution in [2.75, 3.05) is 6.54 Å². The molecule has 0 amide bonds. The Bertz CT molecular complexity index is 357. The van der Waals surface area contributed by atoms with E-state index >= 15 is 0 Å². The van der Waals surface area contributed by atoms with E-state index in [0.717, 1.165) is 0 Å². The van der Waals surface area contributed by atoms with Gasteiger partial charge in [0.05, 0.1) is 0 Å². The predicted molar refractivity (Wildman–Crippen MR) is 75.0 cm³/mol. The number of guanidine groups is 1. The molecule has 0 aromatic heterocycles. The number of carboxylic acids is 1. The van der Waals surface area contributed by atoms with Crippen LogP contribution < -0.4 is 11.5 Å². The van der Waals surface area contributed by atoms with Crippen LogP contribution in [-0.2, 0) is 4.79 Å². The van der Waals surface area contributed by atoms with E-state index in [1.54, 1.807) is 6.92 Å². The number of carbonyl (C=O) groups is 1. The number of aliphatic hydroxyl groups excluding tert-OH is 1. The van der Waals surface area contributed by atoms with Crippen molar-refractivity contribution in [3.8, 4) is 0 Å². The molecule has 0 aliphatic heterocycles. The highest BCUT2D eigenvalue weighted by Crippen LogP contribution is 2.27. The first-order valence-corrected chi connectivity index (χ1v) is 6.37. The molecule has 0 aromatic carbocycles. The van der Waals surface area contributed by atoms with Crippen LogP contribution in [0.2, 0.25) is 0 Å². The Morgan fingerprint density at radius 3 is 2.55 bits per heavy atom. The summed E-state index contributed by atoms with van der Waals surface area (Å²) in [5, 5.41) is 29.6. The Kier molecular flexibility index (Phi) is 7.82. The number of hydrogen-bond acceptors (Lipinski definition) is 5. The Labute approximate surface area is 118 Å². The van der Waals surface area contributed by atoms with Crippen LogP contribution >= 0.6 is 0 Å². The summed E-state index contributed by atoms with van der Waals surface area (Å²) >= 11 is 0. The smallest absolute Gasteiger partial charge is 0.326 e. The summed E-state index contributed by atoms with van der Waals surface area (Å²) in [4.78, 5) is 15.3. The number of nitrogens with two attached hydrogens (primary N) is 2. The number of hydroxylamine groups is 2. The minimum Gasteiger partial charge on any atom is -0.480 e. The quantitative estimate of drug-likeness (QED) is 0.0938. The molecular formula is C12H24N4O4. The molecule has 2 unspecified atom stereocenters. The minimum absolute atomic E-state index is 0.0162. The lowest BCUT2D eigenvalue weighted by Crippen LogP contribution is -2.57. The van der Waals surface area contributed by atoms with Gasteiger partial charge in [0.15, 0.2) is 5.96 Å². The van der Waals surface area contributed by atoms with Crippen LogP contribution in [-0.4, -0.2) is 50.7 Å². The standard InChI is InChI=1S/C12H24N4O4/c1-3-6-12(10(18)19,16(20)9(17)4-2)7-5-8-15-11(13)14/h3,9,17,20H,1,4-8H2,2H3,(H,18,19)(H4,13,14,15). The number of aliphatic hydroxyl groups is 1. The number of aliphatic imine (C=N–C) groups is 1. The van der Waals surface area contributed by atoms with E-state index < -0.39 is 17.7 Å². The molecule has 0 aromatic rings. The zero-order valence-electron chi connectivity index (χ0n) is 11.7. The lowest BCUT2D eigenvalue weighted by molar-refractivity contribution is -0.259. The number of aliphatic carboxylic acids is 1. The molecule has 20 heavy (non-hydrogen) atoms. The minimum atomic E-state index is -1.64. The molecular weight excluding hydrogens is 264 g/mol. The van der Waals surface area contributed by atoms with Gasteiger partial charge in [-0.05, 0) is 25.7 Å². The number of hydrogen-bond donors (Lipinski definition) is 5. The molecule has 0 spiro atoms. The Balaban J connectivity index is 5.07. The summed E-state index contributed by atoms with van der Waals surface area (Å²) in [5.41, 5.74) is 8.73. The summed E-state index contributed by atoms with van der Waals surface area (Å²) in [6, 6.07) is 0. The fourth-order valence-electron chi connectivity index (χ4n) is 1.88. The number of carboxylic acid groups (broad SMARTS) is 1. The third-order valence-electron chi connectivity index (χ3n) is 3.01. The second kappa shape index (κ2) is 8.51. The maximum absolute atomic E-state index is 11.6. The molecule has 2 atom stereocenters. The van der Waals surface area contributed by atoms with E-state index in [9.17, 15) is 20.2 Å². The lowest BCUT2D eigenvalue weighted by atomic mass is 9.88. The molecule has 0 bridgehead atoms. The molecule has 0 aliphatic carbocycles. The summed E-state index contributed by atoms with van der Waals surface area (Å²) in [6.45, 7) is 5.38. The van der Waals surface area contributed by atoms with Crippen molar-refractivity contribution in [1.82, 2.24) is 5.06 Å². The SMILES string of the molecule is C=CCC(CCCN=C(N)N)(C(=O)O)N(O)C(O)CC. The van der Waals surface area contributed by atoms with E-state index in [-0.39, 0.29) is 31.8 Å². The third-order valence-corrected chi connectivity index (χ3v) is 3.01. The van der Waals surface area contributed by atoms with Gasteiger partial charge >= 0.3 is 5.97 Å². The molecule has 0 saturated carbocycles. The predicted octanol–water partition coefficient (Wildman–Crippen LogP) is -0.141. The molecule has 8 heteroatoms. The second-order valence-corrected chi connectivity index (χ2v) is 4.47. The van der Waals surface area contributed by atoms with Gasteiger partial charge in [-0.3, -0.25) is 9.79 Å². The van der Waals surface area contributed by atoms with Gasteiger partial charge in [-0.15, -0.1) is 11.6 Å². The lowest BCUT2D eigenvalue weighted by Gasteiger charge is -2.38. The van der Waals surface area contributed by atoms with Crippen molar-refractivity contribution in [3.63, 3.8) is 0 Å². The van der Waals surface area contributed by atoms with Gasteiger partial charge in [-0.25, -0.2) is 0 Å². The van der Waals surface area contributed by atoms with Gasteiger partial charge < -0.3 is 26.9 Å². The summed E-state index contributed by atoms with van der Waals surface area (Å²) < 4.78 is 0. The first-order valence-electron chi connectivity index (χ1n) is 6.37. The van der Waals surface area contributed by atoms with Crippen LogP contribution in [0.5, 0.6) is 0 Å². The number of rotatable bonds is 10. The monoisotopic (exact) mass is 288 g/mol. The van der Waals surface area contributed by atoms with Crippen LogP contribution in [0.25, 0.3) is 0 Å². The fraction of sp³-hybridized carbons (Fsp3) is 0.667. The maximum Gasteiger partial charge on any atom is 0.326 e. The van der Waals surface area contributed by atoms with Gasteiger partial charge in [0.2, 0.25) is 0 Å². The first kappa shape index (κ1) is 18.4. The van der Waals surface area contributed by atoms with Crippen molar-refractivity contribution in [3.05, 3.63) is 12.7 Å². The highest BCUT2D eigenvalue weighted by molar-refractivity contribution is 5.79. The first-order chi connectivity index (χ1) is 9.31. The maximum atomic E-state index is 11.6. The normalized spacial score (nSPS) is 15.4. The van der Waals surface area contributed by atoms with Crippen molar-refractivity contribution in [2.24, 2.45) is 16.5 Å². The van der Waals surface area contributed by atoms with E-state index in [1.165, 1.54) is 6.08 Å². The molecule has 0 fully saturated rings. The highest BCUT2D eigenvalue weighted by atomic mass is 16.5. The van der Waals surface area contributed by atoms with Crippen LogP contribution in [0.15, 0.2) is 17.6 Å². The highest BCUT2D eigenvalue weighted by Gasteiger charge is 2.45. The van der Waals surface area contributed by atoms with Gasteiger partial charge in [-0.1, -0.05) is 13.0 Å². The van der Waals surface area contributed by atoms with Crippen molar-refractivity contribution >= 4 is 11.9 Å². The molecule has 0 aliphatic rings. The van der Waals surface area contributed by atoms with E-state index in [1.807, 2.05) is 0 Å².